The molecule has 0 bridgehead atoms. The van der Waals surface area contributed by atoms with Crippen molar-refractivity contribution < 1.29 is 9.53 Å². The molecule has 0 radical (unpaired) electrons. The molecule has 0 aliphatic carbocycles. The molecule has 19 heavy (non-hydrogen) atoms. The predicted octanol–water partition coefficient (Wildman–Crippen LogP) is 1.52. The molecule has 0 fully saturated rings. The van der Waals surface area contributed by atoms with E-state index in [0.717, 1.165) is 10.4 Å². The van der Waals surface area contributed by atoms with Crippen LogP contribution in [-0.4, -0.2) is 31.7 Å². The minimum absolute atomic E-state index is 0.101. The van der Waals surface area contributed by atoms with Crippen LogP contribution in [0.5, 0.6) is 0 Å². The Morgan fingerprint density at radius 2 is 2.26 bits per heavy atom. The second-order valence-corrected chi connectivity index (χ2v) is 5.95. The van der Waals surface area contributed by atoms with E-state index in [-0.39, 0.29) is 5.91 Å². The van der Waals surface area contributed by atoms with E-state index in [9.17, 15) is 4.79 Å². The first kappa shape index (κ1) is 15.7. The maximum Gasteiger partial charge on any atom is 0.261 e. The van der Waals surface area contributed by atoms with Crippen molar-refractivity contribution in [3.63, 3.8) is 0 Å². The van der Waals surface area contributed by atoms with Crippen molar-refractivity contribution in [3.8, 4) is 11.8 Å². The lowest BCUT2D eigenvalue weighted by Gasteiger charge is -2.24. The van der Waals surface area contributed by atoms with Crippen molar-refractivity contribution >= 4 is 17.2 Å². The molecule has 0 atom stereocenters. The lowest BCUT2D eigenvalue weighted by molar-refractivity contribution is 0.0824. The Hall–Kier alpha value is -1.35. The molecule has 1 rings (SSSR count). The number of hydrogen-bond acceptors (Lipinski definition) is 4. The first-order chi connectivity index (χ1) is 8.89. The highest BCUT2D eigenvalue weighted by Gasteiger charge is 2.22. The third-order valence-corrected chi connectivity index (χ3v) is 3.55. The largest absolute Gasteiger partial charge is 0.382 e. The van der Waals surface area contributed by atoms with Crippen LogP contribution in [0.15, 0.2) is 6.07 Å². The lowest BCUT2D eigenvalue weighted by Crippen LogP contribution is -2.46. The average Bonchev–Trinajstić information content (AvgIpc) is 2.67. The summed E-state index contributed by atoms with van der Waals surface area (Å²) >= 11 is 1.38. The Morgan fingerprint density at radius 3 is 2.84 bits per heavy atom. The van der Waals surface area contributed by atoms with Crippen molar-refractivity contribution in [2.75, 3.05) is 20.3 Å². The highest BCUT2D eigenvalue weighted by Crippen LogP contribution is 2.21. The van der Waals surface area contributed by atoms with Crippen molar-refractivity contribution in [2.24, 2.45) is 5.73 Å². The molecule has 0 saturated heterocycles. The summed E-state index contributed by atoms with van der Waals surface area (Å²) in [6.45, 7) is 6.56. The zero-order chi connectivity index (χ0) is 14.5. The van der Waals surface area contributed by atoms with Gasteiger partial charge in [0.2, 0.25) is 0 Å². The SMILES string of the molecule is COCC(C)(C)NC(=O)c1cc(C)c(C#CCN)s1. The number of nitrogens with two attached hydrogens (primary N) is 1. The number of hydrogen-bond donors (Lipinski definition) is 2. The van der Waals surface area contributed by atoms with Gasteiger partial charge in [0, 0.05) is 7.11 Å². The van der Waals surface area contributed by atoms with E-state index in [1.165, 1.54) is 11.3 Å². The van der Waals surface area contributed by atoms with Gasteiger partial charge in [0.1, 0.15) is 0 Å². The van der Waals surface area contributed by atoms with Crippen molar-refractivity contribution in [1.82, 2.24) is 5.32 Å². The molecular formula is C14H20N2O2S. The fraction of sp³-hybridized carbons (Fsp3) is 0.500. The normalized spacial score (nSPS) is 10.8. The number of carbonyl (C=O) groups is 1. The third kappa shape index (κ3) is 4.67. The topological polar surface area (TPSA) is 64.3 Å². The molecule has 1 amide bonds. The summed E-state index contributed by atoms with van der Waals surface area (Å²) in [7, 11) is 1.61. The summed E-state index contributed by atoms with van der Waals surface area (Å²) in [6, 6.07) is 1.85. The quantitative estimate of drug-likeness (QED) is 0.822. The van der Waals surface area contributed by atoms with Gasteiger partial charge >= 0.3 is 0 Å². The smallest absolute Gasteiger partial charge is 0.261 e. The molecule has 0 aliphatic heterocycles. The Bertz CT molecular complexity index is 509. The number of nitrogens with one attached hydrogen (secondary N) is 1. The molecule has 1 heterocycles. The standard InChI is InChI=1S/C14H20N2O2S/c1-10-8-12(19-11(10)6-5-7-15)13(17)16-14(2,3)9-18-4/h8H,7,9,15H2,1-4H3,(H,16,17). The van der Waals surface area contributed by atoms with Gasteiger partial charge in [0.05, 0.1) is 28.4 Å². The fourth-order valence-corrected chi connectivity index (χ4v) is 2.56. The molecule has 0 unspecified atom stereocenters. The van der Waals surface area contributed by atoms with Crippen LogP contribution < -0.4 is 11.1 Å². The van der Waals surface area contributed by atoms with Crippen LogP contribution in [0.4, 0.5) is 0 Å². The van der Waals surface area contributed by atoms with Crippen LogP contribution in [0.3, 0.4) is 0 Å². The van der Waals surface area contributed by atoms with Gasteiger partial charge in [-0.3, -0.25) is 4.79 Å². The zero-order valence-electron chi connectivity index (χ0n) is 11.8. The van der Waals surface area contributed by atoms with Crippen LogP contribution in [0.2, 0.25) is 0 Å². The van der Waals surface area contributed by atoms with E-state index in [0.29, 0.717) is 18.0 Å². The second-order valence-electron chi connectivity index (χ2n) is 4.90. The number of aryl methyl sites for hydroxylation is 1. The minimum atomic E-state index is -0.396. The summed E-state index contributed by atoms with van der Waals surface area (Å²) in [5.74, 6) is 5.68. The van der Waals surface area contributed by atoms with Gasteiger partial charge in [0.25, 0.3) is 5.91 Å². The van der Waals surface area contributed by atoms with Gasteiger partial charge in [-0.2, -0.15) is 0 Å². The number of thiophene rings is 1. The van der Waals surface area contributed by atoms with Gasteiger partial charge in [-0.05, 0) is 32.4 Å². The number of amides is 1. The van der Waals surface area contributed by atoms with E-state index in [1.54, 1.807) is 7.11 Å². The van der Waals surface area contributed by atoms with Crippen molar-refractivity contribution in [2.45, 2.75) is 26.3 Å². The Kier molecular flexibility index (Phi) is 5.55. The van der Waals surface area contributed by atoms with Gasteiger partial charge in [-0.1, -0.05) is 11.8 Å². The molecule has 4 nitrogen and oxygen atoms in total. The summed E-state index contributed by atoms with van der Waals surface area (Å²) in [4.78, 5) is 13.7. The molecule has 1 aromatic rings. The van der Waals surface area contributed by atoms with Gasteiger partial charge < -0.3 is 15.8 Å². The van der Waals surface area contributed by atoms with Crippen LogP contribution >= 0.6 is 11.3 Å². The van der Waals surface area contributed by atoms with Gasteiger partial charge in [-0.25, -0.2) is 0 Å². The fourth-order valence-electron chi connectivity index (χ4n) is 1.62. The number of carbonyl (C=O) groups excluding carboxylic acids is 1. The predicted molar refractivity (Wildman–Crippen MR) is 78.4 cm³/mol. The van der Waals surface area contributed by atoms with E-state index in [2.05, 4.69) is 17.2 Å². The van der Waals surface area contributed by atoms with Crippen LogP contribution in [0, 0.1) is 18.8 Å². The van der Waals surface area contributed by atoms with Crippen LogP contribution in [-0.2, 0) is 4.74 Å². The minimum Gasteiger partial charge on any atom is -0.382 e. The van der Waals surface area contributed by atoms with E-state index in [1.807, 2.05) is 26.8 Å². The second kappa shape index (κ2) is 6.71. The number of ether oxygens (including phenoxy) is 1. The monoisotopic (exact) mass is 280 g/mol. The first-order valence-electron chi connectivity index (χ1n) is 6.00. The van der Waals surface area contributed by atoms with Crippen LogP contribution in [0.25, 0.3) is 0 Å². The maximum atomic E-state index is 12.1. The molecule has 3 N–H and O–H groups in total. The van der Waals surface area contributed by atoms with Crippen LogP contribution in [0.1, 0.15) is 34.0 Å². The molecular weight excluding hydrogens is 260 g/mol. The number of rotatable bonds is 4. The Balaban J connectivity index is 2.84. The molecule has 0 aromatic carbocycles. The van der Waals surface area contributed by atoms with E-state index < -0.39 is 5.54 Å². The summed E-state index contributed by atoms with van der Waals surface area (Å²) < 4.78 is 5.08. The van der Waals surface area contributed by atoms with Gasteiger partial charge in [-0.15, -0.1) is 11.3 Å². The molecule has 0 saturated carbocycles. The zero-order valence-corrected chi connectivity index (χ0v) is 12.6. The molecule has 1 aromatic heterocycles. The lowest BCUT2D eigenvalue weighted by atomic mass is 10.1. The molecule has 0 spiro atoms. The Labute approximate surface area is 118 Å². The first-order valence-corrected chi connectivity index (χ1v) is 6.82. The third-order valence-electron chi connectivity index (χ3n) is 2.40. The molecule has 104 valence electrons. The summed E-state index contributed by atoms with van der Waals surface area (Å²) in [5, 5.41) is 2.94. The maximum absolute atomic E-state index is 12.1. The summed E-state index contributed by atoms with van der Waals surface area (Å²) in [5.41, 5.74) is 5.95. The molecule has 0 aliphatic rings. The van der Waals surface area contributed by atoms with Crippen molar-refractivity contribution in [1.29, 1.82) is 0 Å². The van der Waals surface area contributed by atoms with Gasteiger partial charge in [0.15, 0.2) is 0 Å². The van der Waals surface area contributed by atoms with E-state index in [4.69, 9.17) is 10.5 Å². The highest BCUT2D eigenvalue weighted by atomic mass is 32.1. The highest BCUT2D eigenvalue weighted by molar-refractivity contribution is 7.14. The number of methoxy groups -OCH3 is 1. The molecule has 5 heteroatoms. The van der Waals surface area contributed by atoms with E-state index >= 15 is 0 Å². The Morgan fingerprint density at radius 1 is 1.58 bits per heavy atom. The van der Waals surface area contributed by atoms with Crippen molar-refractivity contribution in [3.05, 3.63) is 21.4 Å². The average molecular weight is 280 g/mol. The summed E-state index contributed by atoms with van der Waals surface area (Å²) in [6.07, 6.45) is 0.